The number of carboxylic acid groups (broad SMARTS) is 1. The van der Waals surface area contributed by atoms with E-state index in [4.69, 9.17) is 4.42 Å². The molecule has 0 saturated carbocycles. The van der Waals surface area contributed by atoms with Crippen molar-refractivity contribution < 1.29 is 28.7 Å². The number of nitrogens with zero attached hydrogens (tertiary/aromatic N) is 1. The number of ketones is 1. The van der Waals surface area contributed by atoms with E-state index in [2.05, 4.69) is 20.9 Å². The van der Waals surface area contributed by atoms with Crippen LogP contribution in [-0.2, 0) is 17.6 Å². The standard InChI is InChI=1S/C29H34N4O6/c1-19(13-14-20-9-5-3-6-10-20)17-23(33-29(37)38)27(36)31-22(16-15-21-11-7-4-8-12-21)25(34)28-32-24(18-39-28)26(35)30-2/h3-12,18-19,22-23,33H,13-17H2,1-2H3,(H,30,35)(H,31,36)(H,37,38). The summed E-state index contributed by atoms with van der Waals surface area (Å²) in [6.07, 6.45) is 2.22. The van der Waals surface area contributed by atoms with E-state index in [0.29, 0.717) is 6.42 Å². The second-order valence-corrected chi connectivity index (χ2v) is 9.43. The normalized spacial score (nSPS) is 13.1. The molecule has 0 bridgehead atoms. The van der Waals surface area contributed by atoms with Gasteiger partial charge in [0.25, 0.3) is 11.8 Å². The van der Waals surface area contributed by atoms with Gasteiger partial charge in [-0.05, 0) is 49.1 Å². The maximum atomic E-state index is 13.3. The van der Waals surface area contributed by atoms with Gasteiger partial charge >= 0.3 is 6.09 Å². The predicted octanol–water partition coefficient (Wildman–Crippen LogP) is 3.63. The molecule has 0 saturated heterocycles. The first-order valence-electron chi connectivity index (χ1n) is 12.9. The summed E-state index contributed by atoms with van der Waals surface area (Å²) in [5, 5.41) is 16.8. The third-order valence-electron chi connectivity index (χ3n) is 6.39. The zero-order valence-electron chi connectivity index (χ0n) is 22.1. The number of hydrogen-bond acceptors (Lipinski definition) is 6. The molecule has 0 aliphatic rings. The molecule has 10 heteroatoms. The Morgan fingerprint density at radius 2 is 1.46 bits per heavy atom. The van der Waals surface area contributed by atoms with Crippen molar-refractivity contribution >= 4 is 23.7 Å². The lowest BCUT2D eigenvalue weighted by Crippen LogP contribution is -2.52. The number of carbonyl (C=O) groups is 4. The van der Waals surface area contributed by atoms with Crippen LogP contribution in [-0.4, -0.2) is 52.9 Å². The SMILES string of the molecule is CNC(=O)c1coc(C(=O)C(CCc2ccccc2)NC(=O)C(CC(C)CCc2ccccc2)NC(=O)O)n1. The zero-order chi connectivity index (χ0) is 28.2. The van der Waals surface area contributed by atoms with E-state index < -0.39 is 35.8 Å². The fraction of sp³-hybridized carbons (Fsp3) is 0.345. The highest BCUT2D eigenvalue weighted by molar-refractivity contribution is 6.00. The Balaban J connectivity index is 1.73. The van der Waals surface area contributed by atoms with Gasteiger partial charge in [0.05, 0.1) is 6.04 Å². The van der Waals surface area contributed by atoms with Crippen molar-refractivity contribution in [1.82, 2.24) is 20.9 Å². The molecule has 39 heavy (non-hydrogen) atoms. The number of nitrogens with one attached hydrogen (secondary N) is 3. The largest absolute Gasteiger partial charge is 0.465 e. The molecule has 0 fully saturated rings. The fourth-order valence-electron chi connectivity index (χ4n) is 4.22. The van der Waals surface area contributed by atoms with Gasteiger partial charge in [-0.1, -0.05) is 67.6 Å². The van der Waals surface area contributed by atoms with Gasteiger partial charge in [0, 0.05) is 7.05 Å². The predicted molar refractivity (Wildman–Crippen MR) is 144 cm³/mol. The number of benzene rings is 2. The Bertz CT molecular complexity index is 1240. The first-order valence-corrected chi connectivity index (χ1v) is 12.9. The Labute approximate surface area is 227 Å². The van der Waals surface area contributed by atoms with E-state index >= 15 is 0 Å². The van der Waals surface area contributed by atoms with Crippen LogP contribution in [0.3, 0.4) is 0 Å². The van der Waals surface area contributed by atoms with E-state index in [9.17, 15) is 24.3 Å². The summed E-state index contributed by atoms with van der Waals surface area (Å²) in [6.45, 7) is 1.96. The van der Waals surface area contributed by atoms with Gasteiger partial charge in [0.2, 0.25) is 11.7 Å². The van der Waals surface area contributed by atoms with Crippen molar-refractivity contribution in [1.29, 1.82) is 0 Å². The lowest BCUT2D eigenvalue weighted by atomic mass is 9.94. The molecule has 3 amide bonds. The second-order valence-electron chi connectivity index (χ2n) is 9.43. The number of aromatic nitrogens is 1. The lowest BCUT2D eigenvalue weighted by molar-refractivity contribution is -0.124. The number of carbonyl (C=O) groups excluding carboxylic acids is 3. The van der Waals surface area contributed by atoms with Gasteiger partial charge in [-0.15, -0.1) is 0 Å². The molecule has 3 rings (SSSR count). The summed E-state index contributed by atoms with van der Waals surface area (Å²) >= 11 is 0. The van der Waals surface area contributed by atoms with Crippen LogP contribution in [0.4, 0.5) is 4.79 Å². The van der Waals surface area contributed by atoms with Crippen molar-refractivity contribution in [3.8, 4) is 0 Å². The summed E-state index contributed by atoms with van der Waals surface area (Å²) in [5.74, 6) is -2.04. The van der Waals surface area contributed by atoms with Crippen LogP contribution in [0.1, 0.15) is 58.5 Å². The molecule has 0 radical (unpaired) electrons. The molecular formula is C29H34N4O6. The Hall–Kier alpha value is -4.47. The average Bonchev–Trinajstić information content (AvgIpc) is 3.44. The van der Waals surface area contributed by atoms with Crippen LogP contribution in [0, 0.1) is 5.92 Å². The van der Waals surface area contributed by atoms with Crippen LogP contribution in [0.15, 0.2) is 71.3 Å². The summed E-state index contributed by atoms with van der Waals surface area (Å²) in [5.41, 5.74) is 2.05. The number of aryl methyl sites for hydroxylation is 2. The van der Waals surface area contributed by atoms with Crippen molar-refractivity contribution in [2.45, 2.75) is 51.1 Å². The minimum atomic E-state index is -1.33. The Morgan fingerprint density at radius 3 is 2.03 bits per heavy atom. The highest BCUT2D eigenvalue weighted by Gasteiger charge is 2.31. The number of amides is 3. The van der Waals surface area contributed by atoms with Gasteiger partial charge < -0.3 is 25.5 Å². The third kappa shape index (κ3) is 9.10. The number of oxazole rings is 1. The van der Waals surface area contributed by atoms with Gasteiger partial charge in [-0.3, -0.25) is 14.4 Å². The molecule has 1 heterocycles. The molecule has 2 aromatic carbocycles. The van der Waals surface area contributed by atoms with Gasteiger partial charge in [-0.25, -0.2) is 9.78 Å². The van der Waals surface area contributed by atoms with Crippen LogP contribution >= 0.6 is 0 Å². The smallest absolute Gasteiger partial charge is 0.405 e. The zero-order valence-corrected chi connectivity index (χ0v) is 22.1. The van der Waals surface area contributed by atoms with Crippen LogP contribution in [0.2, 0.25) is 0 Å². The fourth-order valence-corrected chi connectivity index (χ4v) is 4.22. The first kappa shape index (κ1) is 29.1. The molecule has 3 aromatic rings. The second kappa shape index (κ2) is 14.5. The molecule has 4 N–H and O–H groups in total. The molecule has 3 atom stereocenters. The molecule has 0 aliphatic heterocycles. The highest BCUT2D eigenvalue weighted by atomic mass is 16.4. The molecular weight excluding hydrogens is 500 g/mol. The van der Waals surface area contributed by atoms with E-state index in [-0.39, 0.29) is 30.3 Å². The van der Waals surface area contributed by atoms with Crippen molar-refractivity contribution in [2.24, 2.45) is 5.92 Å². The molecule has 3 unspecified atom stereocenters. The van der Waals surface area contributed by atoms with Gasteiger partial charge in [0.1, 0.15) is 12.3 Å². The first-order chi connectivity index (χ1) is 18.8. The monoisotopic (exact) mass is 534 g/mol. The molecule has 1 aromatic heterocycles. The molecule has 10 nitrogen and oxygen atoms in total. The van der Waals surface area contributed by atoms with Gasteiger partial charge in [0.15, 0.2) is 5.69 Å². The summed E-state index contributed by atoms with van der Waals surface area (Å²) in [6, 6.07) is 17.2. The summed E-state index contributed by atoms with van der Waals surface area (Å²) < 4.78 is 5.25. The van der Waals surface area contributed by atoms with Crippen molar-refractivity contribution in [3.05, 3.63) is 89.6 Å². The van der Waals surface area contributed by atoms with Crippen LogP contribution in [0.5, 0.6) is 0 Å². The Morgan fingerprint density at radius 1 is 0.872 bits per heavy atom. The van der Waals surface area contributed by atoms with Crippen LogP contribution in [0.25, 0.3) is 0 Å². The van der Waals surface area contributed by atoms with Gasteiger partial charge in [-0.2, -0.15) is 0 Å². The van der Waals surface area contributed by atoms with Crippen LogP contribution < -0.4 is 16.0 Å². The van der Waals surface area contributed by atoms with Crippen molar-refractivity contribution in [3.63, 3.8) is 0 Å². The summed E-state index contributed by atoms with van der Waals surface area (Å²) in [7, 11) is 1.43. The van der Waals surface area contributed by atoms with E-state index in [1.807, 2.05) is 67.6 Å². The minimum Gasteiger partial charge on any atom is -0.465 e. The average molecular weight is 535 g/mol. The minimum absolute atomic E-state index is 0.0214. The lowest BCUT2D eigenvalue weighted by Gasteiger charge is -2.23. The number of hydrogen-bond donors (Lipinski definition) is 4. The molecule has 0 aliphatic carbocycles. The number of Topliss-reactive ketones (excluding diaryl/α,β-unsaturated/α-hetero) is 1. The maximum Gasteiger partial charge on any atom is 0.405 e. The molecule has 206 valence electrons. The summed E-state index contributed by atoms with van der Waals surface area (Å²) in [4.78, 5) is 54.0. The highest BCUT2D eigenvalue weighted by Crippen LogP contribution is 2.17. The van der Waals surface area contributed by atoms with E-state index in [1.54, 1.807) is 0 Å². The van der Waals surface area contributed by atoms with Crippen molar-refractivity contribution in [2.75, 3.05) is 7.05 Å². The maximum absolute atomic E-state index is 13.3. The topological polar surface area (TPSA) is 151 Å². The number of rotatable bonds is 14. The Kier molecular flexibility index (Phi) is 10.8. The quantitative estimate of drug-likeness (QED) is 0.231. The van der Waals surface area contributed by atoms with E-state index in [1.165, 1.54) is 7.05 Å². The third-order valence-corrected chi connectivity index (χ3v) is 6.39. The van der Waals surface area contributed by atoms with E-state index in [0.717, 1.165) is 30.2 Å². The molecule has 0 spiro atoms.